The summed E-state index contributed by atoms with van der Waals surface area (Å²) in [5.41, 5.74) is -7.52. The van der Waals surface area contributed by atoms with E-state index in [1.54, 1.807) is 4.90 Å². The molecule has 0 unspecified atom stereocenters. The maximum absolute atomic E-state index is 14.9. The third-order valence-electron chi connectivity index (χ3n) is 7.51. The van der Waals surface area contributed by atoms with Gasteiger partial charge in [-0.1, -0.05) is 18.2 Å². The zero-order valence-electron chi connectivity index (χ0n) is 19.8. The van der Waals surface area contributed by atoms with Crippen molar-refractivity contribution in [2.24, 2.45) is 0 Å². The highest BCUT2D eigenvalue weighted by Crippen LogP contribution is 2.57. The molecule has 2 heterocycles. The van der Waals surface area contributed by atoms with Crippen molar-refractivity contribution in [1.29, 1.82) is 0 Å². The van der Waals surface area contributed by atoms with Gasteiger partial charge in [-0.25, -0.2) is 22.2 Å². The molecule has 2 aromatic carbocycles. The largest absolute Gasteiger partial charge is 0.435 e. The van der Waals surface area contributed by atoms with Gasteiger partial charge in [0.15, 0.2) is 9.84 Å². The average Bonchev–Trinajstić information content (AvgIpc) is 3.29. The minimum absolute atomic E-state index is 0.00915. The van der Waals surface area contributed by atoms with E-state index in [0.29, 0.717) is 18.0 Å². The molecule has 1 fully saturated rings. The summed E-state index contributed by atoms with van der Waals surface area (Å²) in [6, 6.07) is 4.75. The lowest BCUT2D eigenvalue weighted by molar-refractivity contribution is -0.348. The lowest BCUT2D eigenvalue weighted by Crippen LogP contribution is -2.52. The molecule has 208 valence electrons. The lowest BCUT2D eigenvalue weighted by Gasteiger charge is -2.43. The molecule has 1 aliphatic heterocycles. The number of aromatic nitrogens is 2. The number of fused-ring (bicyclic) bond motifs is 3. The van der Waals surface area contributed by atoms with Gasteiger partial charge in [0.05, 0.1) is 17.1 Å². The van der Waals surface area contributed by atoms with Crippen molar-refractivity contribution >= 4 is 15.7 Å². The van der Waals surface area contributed by atoms with Crippen LogP contribution in [-0.4, -0.2) is 43.3 Å². The first-order valence-electron chi connectivity index (χ1n) is 11.6. The molecular weight excluding hydrogens is 558 g/mol. The molecule has 0 saturated carbocycles. The van der Waals surface area contributed by atoms with E-state index >= 15 is 0 Å². The number of alkyl halides is 7. The Balaban J connectivity index is 1.73. The lowest BCUT2D eigenvalue weighted by atomic mass is 9.77. The minimum Gasteiger partial charge on any atom is -0.350 e. The Morgan fingerprint density at radius 2 is 1.59 bits per heavy atom. The number of rotatable bonds is 4. The van der Waals surface area contributed by atoms with E-state index in [1.165, 1.54) is 18.6 Å². The van der Waals surface area contributed by atoms with E-state index in [-0.39, 0.29) is 41.8 Å². The van der Waals surface area contributed by atoms with E-state index in [1.807, 2.05) is 0 Å². The molecular formula is C25H19F8N3O2S. The number of halogens is 8. The highest BCUT2D eigenvalue weighted by atomic mass is 32.2. The second-order valence-electron chi connectivity index (χ2n) is 9.43. The number of sulfone groups is 1. The van der Waals surface area contributed by atoms with Crippen LogP contribution in [0.5, 0.6) is 0 Å². The topological polar surface area (TPSA) is 63.2 Å². The summed E-state index contributed by atoms with van der Waals surface area (Å²) in [7, 11) is -4.43. The SMILES string of the molecule is O=S(=O)(c1ccc(F)cc1)[C@]12CCN(c3cnccn3)[C@H]1CCc1cc(C(F)(C(F)(F)F)C(F)(F)F)ccc12. The monoisotopic (exact) mass is 577 g/mol. The Bertz CT molecular complexity index is 1480. The molecule has 0 bridgehead atoms. The Labute approximate surface area is 217 Å². The summed E-state index contributed by atoms with van der Waals surface area (Å²) in [4.78, 5) is 9.62. The van der Waals surface area contributed by atoms with Crippen LogP contribution in [0.15, 0.2) is 66.0 Å². The molecule has 5 rings (SSSR count). The van der Waals surface area contributed by atoms with Gasteiger partial charge in [0.2, 0.25) is 0 Å². The standard InChI is InChI=1S/C25H19F8N3O2S/c26-17-3-5-18(6-4-17)39(37,38)22-9-12-36(21-14-34-10-11-35-21)20(22)8-1-15-13-16(2-7-19(15)22)23(27,24(28,29)30)25(31,32)33/h2-7,10-11,13-14,20H,1,8-9,12H2/t20-,22-/m0/s1. The van der Waals surface area contributed by atoms with Crippen LogP contribution in [-0.2, 0) is 26.7 Å². The fourth-order valence-electron chi connectivity index (χ4n) is 5.77. The average molecular weight is 577 g/mol. The summed E-state index contributed by atoms with van der Waals surface area (Å²) in [5.74, 6) is -0.376. The van der Waals surface area contributed by atoms with Crippen molar-refractivity contribution in [1.82, 2.24) is 9.97 Å². The molecule has 39 heavy (non-hydrogen) atoms. The van der Waals surface area contributed by atoms with Gasteiger partial charge < -0.3 is 4.90 Å². The fourth-order valence-corrected chi connectivity index (χ4v) is 8.13. The van der Waals surface area contributed by atoms with Crippen LogP contribution in [0.1, 0.15) is 29.5 Å². The van der Waals surface area contributed by atoms with Crippen LogP contribution in [0.2, 0.25) is 0 Å². The van der Waals surface area contributed by atoms with E-state index in [2.05, 4.69) is 9.97 Å². The summed E-state index contributed by atoms with van der Waals surface area (Å²) in [6.45, 7) is 0.114. The first-order chi connectivity index (χ1) is 18.1. The molecule has 2 atom stereocenters. The molecule has 1 aromatic heterocycles. The molecule has 3 aromatic rings. The third-order valence-corrected chi connectivity index (χ3v) is 10.1. The number of nitrogens with zero attached hydrogens (tertiary/aromatic N) is 3. The second-order valence-corrected chi connectivity index (χ2v) is 11.6. The highest BCUT2D eigenvalue weighted by Gasteiger charge is 2.73. The van der Waals surface area contributed by atoms with Gasteiger partial charge >= 0.3 is 18.0 Å². The number of anilines is 1. The van der Waals surface area contributed by atoms with Gasteiger partial charge in [-0.15, -0.1) is 0 Å². The Morgan fingerprint density at radius 3 is 2.18 bits per heavy atom. The summed E-state index contributed by atoms with van der Waals surface area (Å²) in [6.07, 6.45) is -8.67. The van der Waals surface area contributed by atoms with Crippen LogP contribution in [0.25, 0.3) is 0 Å². The van der Waals surface area contributed by atoms with E-state index in [0.717, 1.165) is 30.3 Å². The van der Waals surface area contributed by atoms with Gasteiger partial charge in [0.1, 0.15) is 16.4 Å². The maximum Gasteiger partial charge on any atom is 0.435 e. The second kappa shape index (κ2) is 8.86. The first kappa shape index (κ1) is 27.3. The summed E-state index contributed by atoms with van der Waals surface area (Å²) in [5, 5.41) is 0. The van der Waals surface area contributed by atoms with Crippen molar-refractivity contribution in [2.45, 2.75) is 53.0 Å². The highest BCUT2D eigenvalue weighted by molar-refractivity contribution is 7.92. The Hall–Kier alpha value is -3.29. The van der Waals surface area contributed by atoms with Crippen LogP contribution >= 0.6 is 0 Å². The van der Waals surface area contributed by atoms with Crippen molar-refractivity contribution in [2.75, 3.05) is 11.4 Å². The van der Waals surface area contributed by atoms with Crippen LogP contribution in [0, 0.1) is 5.82 Å². The Kier molecular flexibility index (Phi) is 6.20. The minimum atomic E-state index is -6.31. The number of hydrogen-bond acceptors (Lipinski definition) is 5. The Morgan fingerprint density at radius 1 is 0.923 bits per heavy atom. The molecule has 14 heteroatoms. The molecule has 1 aliphatic carbocycles. The molecule has 1 saturated heterocycles. The fraction of sp³-hybridized carbons (Fsp3) is 0.360. The predicted molar refractivity (Wildman–Crippen MR) is 123 cm³/mol. The van der Waals surface area contributed by atoms with Crippen molar-refractivity contribution in [3.05, 3.63) is 83.6 Å². The van der Waals surface area contributed by atoms with E-state index < -0.39 is 50.0 Å². The normalized spacial score (nSPS) is 21.9. The molecule has 0 radical (unpaired) electrons. The predicted octanol–water partition coefficient (Wildman–Crippen LogP) is 5.80. The van der Waals surface area contributed by atoms with Gasteiger partial charge in [0, 0.05) is 24.5 Å². The first-order valence-corrected chi connectivity index (χ1v) is 13.1. The van der Waals surface area contributed by atoms with Crippen molar-refractivity contribution < 1.29 is 43.5 Å². The van der Waals surface area contributed by atoms with Crippen LogP contribution < -0.4 is 4.90 Å². The molecule has 0 amide bonds. The van der Waals surface area contributed by atoms with E-state index in [4.69, 9.17) is 0 Å². The van der Waals surface area contributed by atoms with Gasteiger partial charge in [-0.2, -0.15) is 26.3 Å². The number of aryl methyl sites for hydroxylation is 1. The van der Waals surface area contributed by atoms with Gasteiger partial charge in [0.25, 0.3) is 0 Å². The smallest absolute Gasteiger partial charge is 0.350 e. The van der Waals surface area contributed by atoms with Crippen LogP contribution in [0.4, 0.5) is 40.9 Å². The molecule has 2 aliphatic rings. The third kappa shape index (κ3) is 3.89. The molecule has 0 N–H and O–H groups in total. The summed E-state index contributed by atoms with van der Waals surface area (Å²) < 4.78 is 136. The zero-order chi connectivity index (χ0) is 28.4. The van der Waals surface area contributed by atoms with E-state index in [9.17, 15) is 43.5 Å². The van der Waals surface area contributed by atoms with Crippen molar-refractivity contribution in [3.63, 3.8) is 0 Å². The number of benzene rings is 2. The number of hydrogen-bond donors (Lipinski definition) is 0. The van der Waals surface area contributed by atoms with Gasteiger partial charge in [-0.3, -0.25) is 4.98 Å². The van der Waals surface area contributed by atoms with Crippen molar-refractivity contribution in [3.8, 4) is 0 Å². The van der Waals surface area contributed by atoms with Crippen LogP contribution in [0.3, 0.4) is 0 Å². The summed E-state index contributed by atoms with van der Waals surface area (Å²) >= 11 is 0. The molecule has 5 nitrogen and oxygen atoms in total. The van der Waals surface area contributed by atoms with Gasteiger partial charge in [-0.05, 0) is 54.7 Å². The zero-order valence-corrected chi connectivity index (χ0v) is 20.6. The quantitative estimate of drug-likeness (QED) is 0.290. The maximum atomic E-state index is 14.9. The molecule has 0 spiro atoms.